The number of para-hydroxylation sites is 1. The van der Waals surface area contributed by atoms with Crippen molar-refractivity contribution in [3.05, 3.63) is 54.1 Å². The molecule has 3 rings (SSSR count). The van der Waals surface area contributed by atoms with E-state index < -0.39 is 25.7 Å². The van der Waals surface area contributed by atoms with E-state index in [1.54, 1.807) is 18.2 Å². The van der Waals surface area contributed by atoms with Crippen LogP contribution in [0.4, 0.5) is 0 Å². The zero-order valence-electron chi connectivity index (χ0n) is 10.9. The summed E-state index contributed by atoms with van der Waals surface area (Å²) in [5.41, 5.74) is 0.390. The van der Waals surface area contributed by atoms with E-state index in [4.69, 9.17) is 0 Å². The molecule has 0 amide bonds. The Labute approximate surface area is 124 Å². The first-order chi connectivity index (χ1) is 9.84. The molecule has 2 aromatic carbocycles. The van der Waals surface area contributed by atoms with Gasteiger partial charge >= 0.3 is 0 Å². The van der Waals surface area contributed by atoms with Crippen molar-refractivity contribution in [3.63, 3.8) is 0 Å². The molecule has 0 aliphatic carbocycles. The molecule has 5 nitrogen and oxygen atoms in total. The fraction of sp³-hybridized carbons (Fsp3) is 0.143. The molecule has 0 radical (unpaired) electrons. The third-order valence-corrected chi connectivity index (χ3v) is 7.76. The van der Waals surface area contributed by atoms with Crippen molar-refractivity contribution in [2.75, 3.05) is 5.75 Å². The highest BCUT2D eigenvalue weighted by atomic mass is 32.3. The summed E-state index contributed by atoms with van der Waals surface area (Å²) in [6.07, 6.45) is 0. The Kier molecular flexibility index (Phi) is 3.25. The summed E-state index contributed by atoms with van der Waals surface area (Å²) in [5.74, 6) is -0.610. The van der Waals surface area contributed by atoms with Crippen LogP contribution >= 0.6 is 10.6 Å². The van der Waals surface area contributed by atoms with Crippen LogP contribution in [0, 0.1) is 0 Å². The van der Waals surface area contributed by atoms with Gasteiger partial charge in [-0.15, -0.1) is 0 Å². The maximum absolute atomic E-state index is 12.7. The molecule has 0 saturated carbocycles. The highest BCUT2D eigenvalue weighted by molar-refractivity contribution is 8.25. The summed E-state index contributed by atoms with van der Waals surface area (Å²) in [4.78, 5) is 0.0795. The Morgan fingerprint density at radius 3 is 2.33 bits per heavy atom. The first kappa shape index (κ1) is 14.4. The monoisotopic (exact) mass is 326 g/mol. The molecule has 1 atom stereocenters. The van der Waals surface area contributed by atoms with Gasteiger partial charge in [0.2, 0.25) is 0 Å². The van der Waals surface area contributed by atoms with Gasteiger partial charge in [0.15, 0.2) is 9.84 Å². The van der Waals surface area contributed by atoms with Crippen molar-refractivity contribution >= 4 is 20.4 Å². The summed E-state index contributed by atoms with van der Waals surface area (Å²) in [5, 5.41) is 8.72. The highest BCUT2D eigenvalue weighted by Crippen LogP contribution is 2.61. The van der Waals surface area contributed by atoms with E-state index in [0.717, 1.165) is 0 Å². The second-order valence-corrected chi connectivity index (χ2v) is 9.08. The van der Waals surface area contributed by atoms with Crippen LogP contribution in [0.2, 0.25) is 0 Å². The van der Waals surface area contributed by atoms with E-state index in [-0.39, 0.29) is 21.3 Å². The Balaban J connectivity index is 2.17. The number of rotatable bonds is 2. The number of phenolic OH excluding ortho intramolecular Hbond substituents is 1. The Hall–Kier alpha value is -1.54. The van der Waals surface area contributed by atoms with Gasteiger partial charge in [-0.1, -0.05) is 30.3 Å². The van der Waals surface area contributed by atoms with Crippen LogP contribution in [0.1, 0.15) is 10.8 Å². The van der Waals surface area contributed by atoms with E-state index in [1.807, 2.05) is 0 Å². The number of phenols is 1. The lowest BCUT2D eigenvalue weighted by atomic mass is 10.2. The molecule has 3 N–H and O–H groups in total. The number of benzene rings is 2. The average molecular weight is 326 g/mol. The zero-order chi connectivity index (χ0) is 15.3. The maximum Gasteiger partial charge on any atom is 0.190 e. The van der Waals surface area contributed by atoms with Gasteiger partial charge in [-0.25, -0.2) is 8.42 Å². The number of hydrogen-bond acceptors (Lipinski definition) is 5. The molecule has 0 aromatic heterocycles. The number of fused-ring (bicyclic) bond motifs is 1. The fourth-order valence-electron chi connectivity index (χ4n) is 2.54. The molecule has 0 fully saturated rings. The minimum Gasteiger partial charge on any atom is -0.507 e. The maximum atomic E-state index is 12.7. The first-order valence-electron chi connectivity index (χ1n) is 6.21. The molecule has 7 heteroatoms. The van der Waals surface area contributed by atoms with Gasteiger partial charge in [0.05, 0.1) is 10.6 Å². The van der Waals surface area contributed by atoms with Gasteiger partial charge in [0, 0.05) is 0 Å². The van der Waals surface area contributed by atoms with Crippen LogP contribution < -0.4 is 0 Å². The molecule has 0 saturated heterocycles. The van der Waals surface area contributed by atoms with Crippen LogP contribution in [-0.2, 0) is 9.84 Å². The van der Waals surface area contributed by atoms with Crippen molar-refractivity contribution in [3.8, 4) is 5.75 Å². The van der Waals surface area contributed by atoms with Crippen molar-refractivity contribution < 1.29 is 22.6 Å². The molecule has 112 valence electrons. The van der Waals surface area contributed by atoms with Gasteiger partial charge < -0.3 is 5.11 Å². The molecular weight excluding hydrogens is 312 g/mol. The van der Waals surface area contributed by atoms with E-state index in [1.165, 1.54) is 30.3 Å². The number of aromatic hydroxyl groups is 1. The molecule has 1 aliphatic rings. The second-order valence-electron chi connectivity index (χ2n) is 4.87. The molecular formula is C14H14O5S2. The summed E-state index contributed by atoms with van der Waals surface area (Å²) >= 11 is 0. The van der Waals surface area contributed by atoms with Gasteiger partial charge in [-0.05, 0) is 23.8 Å². The molecule has 2 aromatic rings. The predicted molar refractivity (Wildman–Crippen MR) is 80.5 cm³/mol. The summed E-state index contributed by atoms with van der Waals surface area (Å²) < 4.78 is 45.7. The van der Waals surface area contributed by atoms with Crippen molar-refractivity contribution in [1.29, 1.82) is 0 Å². The molecule has 21 heavy (non-hydrogen) atoms. The van der Waals surface area contributed by atoms with Crippen molar-refractivity contribution in [2.45, 2.75) is 15.0 Å². The number of hydrogen-bond donors (Lipinski definition) is 3. The Morgan fingerprint density at radius 1 is 1.00 bits per heavy atom. The van der Waals surface area contributed by atoms with Crippen molar-refractivity contribution in [1.82, 2.24) is 0 Å². The Morgan fingerprint density at radius 2 is 1.62 bits per heavy atom. The smallest absolute Gasteiger partial charge is 0.190 e. The third kappa shape index (κ3) is 2.22. The normalized spacial score (nSPS) is 21.7. The quantitative estimate of drug-likeness (QED) is 0.788. The lowest BCUT2D eigenvalue weighted by Gasteiger charge is -2.27. The molecule has 0 spiro atoms. The van der Waals surface area contributed by atoms with Crippen molar-refractivity contribution in [2.24, 2.45) is 0 Å². The van der Waals surface area contributed by atoms with Gasteiger partial charge in [-0.3, -0.25) is 9.11 Å². The number of sulfone groups is 1. The minimum absolute atomic E-state index is 0.193. The minimum atomic E-state index is -3.90. The highest BCUT2D eigenvalue weighted by Gasteiger charge is 2.43. The van der Waals surface area contributed by atoms with Crippen LogP contribution in [0.25, 0.3) is 0 Å². The second kappa shape index (κ2) is 4.74. The topological polar surface area (TPSA) is 94.8 Å². The van der Waals surface area contributed by atoms with Crippen LogP contribution in [-0.4, -0.2) is 28.4 Å². The summed E-state index contributed by atoms with van der Waals surface area (Å²) in [6.45, 7) is 0. The van der Waals surface area contributed by atoms with Gasteiger partial charge in [0.25, 0.3) is 0 Å². The standard InChI is InChI=1S/C14H14O5S2/c15-11-6-2-4-8-13(11)21(18,19)14-9-20(16,17)12-7-3-1-5-10(12)14/h1-8,14-17H,9H2. The molecule has 0 bridgehead atoms. The van der Waals surface area contributed by atoms with Crippen LogP contribution in [0.5, 0.6) is 5.75 Å². The van der Waals surface area contributed by atoms with E-state index in [9.17, 15) is 22.6 Å². The van der Waals surface area contributed by atoms with E-state index in [0.29, 0.717) is 5.56 Å². The van der Waals surface area contributed by atoms with Gasteiger partial charge in [0.1, 0.15) is 15.9 Å². The predicted octanol–water partition coefficient (Wildman–Crippen LogP) is 3.03. The molecule has 1 aliphatic heterocycles. The lowest BCUT2D eigenvalue weighted by Crippen LogP contribution is -2.15. The first-order valence-corrected chi connectivity index (χ1v) is 9.47. The van der Waals surface area contributed by atoms with Gasteiger partial charge in [-0.2, -0.15) is 10.6 Å². The SMILES string of the molecule is O=S(=O)(c1ccccc1O)C1CS(O)(O)c2ccccc21. The van der Waals surface area contributed by atoms with Crippen LogP contribution in [0.15, 0.2) is 58.3 Å². The summed E-state index contributed by atoms with van der Waals surface area (Å²) in [6, 6.07) is 12.1. The molecule has 1 heterocycles. The lowest BCUT2D eigenvalue weighted by molar-refractivity contribution is 0.458. The van der Waals surface area contributed by atoms with E-state index >= 15 is 0 Å². The summed E-state index contributed by atoms with van der Waals surface area (Å²) in [7, 11) is -7.02. The Bertz CT molecular complexity index is 799. The zero-order valence-corrected chi connectivity index (χ0v) is 12.5. The van der Waals surface area contributed by atoms with Crippen LogP contribution in [0.3, 0.4) is 0 Å². The average Bonchev–Trinajstić information content (AvgIpc) is 2.72. The van der Waals surface area contributed by atoms with E-state index in [2.05, 4.69) is 0 Å². The molecule has 1 unspecified atom stereocenters. The largest absolute Gasteiger partial charge is 0.507 e. The fourth-order valence-corrected chi connectivity index (χ4v) is 7.04. The third-order valence-electron chi connectivity index (χ3n) is 3.55.